The molecule has 2 aromatic heterocycles. The number of aromatic nitrogens is 4. The predicted octanol–water partition coefficient (Wildman–Crippen LogP) is 1.73. The molecule has 0 bridgehead atoms. The molecule has 7 heteroatoms. The van der Waals surface area contributed by atoms with Crippen molar-refractivity contribution in [2.24, 2.45) is 5.73 Å². The second-order valence-corrected chi connectivity index (χ2v) is 4.17. The summed E-state index contributed by atoms with van der Waals surface area (Å²) in [6.45, 7) is 2.11. The van der Waals surface area contributed by atoms with Gasteiger partial charge in [-0.15, -0.1) is 10.2 Å². The molecule has 0 radical (unpaired) electrons. The summed E-state index contributed by atoms with van der Waals surface area (Å²) in [5.74, 6) is 1.25. The Morgan fingerprint density at radius 3 is 2.84 bits per heavy atom. The number of nitrogens with two attached hydrogens (primary N) is 1. The van der Waals surface area contributed by atoms with Crippen LogP contribution in [0.15, 0.2) is 16.7 Å². The lowest BCUT2D eigenvalue weighted by Gasteiger charge is -2.03. The van der Waals surface area contributed by atoms with E-state index in [0.717, 1.165) is 19.3 Å². The van der Waals surface area contributed by atoms with Crippen molar-refractivity contribution in [1.29, 1.82) is 0 Å². The van der Waals surface area contributed by atoms with Crippen LogP contribution in [0, 0.1) is 0 Å². The van der Waals surface area contributed by atoms with Crippen LogP contribution in [0.2, 0.25) is 0 Å². The third-order valence-electron chi connectivity index (χ3n) is 2.71. The lowest BCUT2D eigenvalue weighted by Crippen LogP contribution is -2.10. The van der Waals surface area contributed by atoms with Crippen LogP contribution < -0.4 is 10.5 Å². The SMILES string of the molecule is CCCC[C@H](N)c1nc(-c2ccc(OC)nn2)no1. The fourth-order valence-electron chi connectivity index (χ4n) is 1.59. The molecule has 0 unspecified atom stereocenters. The molecule has 1 atom stereocenters. The molecule has 102 valence electrons. The summed E-state index contributed by atoms with van der Waals surface area (Å²) in [7, 11) is 1.53. The van der Waals surface area contributed by atoms with Crippen LogP contribution in [0.25, 0.3) is 11.5 Å². The molecule has 0 aliphatic heterocycles. The average molecular weight is 263 g/mol. The van der Waals surface area contributed by atoms with Crippen molar-refractivity contribution >= 4 is 0 Å². The molecule has 0 amide bonds. The lowest BCUT2D eigenvalue weighted by atomic mass is 10.1. The van der Waals surface area contributed by atoms with E-state index in [1.165, 1.54) is 7.11 Å². The highest BCUT2D eigenvalue weighted by Crippen LogP contribution is 2.19. The van der Waals surface area contributed by atoms with E-state index < -0.39 is 0 Å². The number of hydrogen-bond donors (Lipinski definition) is 1. The van der Waals surface area contributed by atoms with E-state index in [2.05, 4.69) is 27.3 Å². The Hall–Kier alpha value is -2.02. The molecule has 0 saturated heterocycles. The van der Waals surface area contributed by atoms with Gasteiger partial charge in [0.1, 0.15) is 5.69 Å². The molecule has 0 aliphatic carbocycles. The molecule has 2 aromatic rings. The first-order valence-corrected chi connectivity index (χ1v) is 6.22. The molecular weight excluding hydrogens is 246 g/mol. The molecule has 2 N–H and O–H groups in total. The zero-order valence-corrected chi connectivity index (χ0v) is 11.0. The van der Waals surface area contributed by atoms with Crippen molar-refractivity contribution in [1.82, 2.24) is 20.3 Å². The summed E-state index contributed by atoms with van der Waals surface area (Å²) in [4.78, 5) is 4.24. The summed E-state index contributed by atoms with van der Waals surface area (Å²) in [5, 5.41) is 11.7. The fourth-order valence-corrected chi connectivity index (χ4v) is 1.59. The number of unbranched alkanes of at least 4 members (excludes halogenated alkanes) is 1. The Kier molecular flexibility index (Phi) is 4.40. The van der Waals surface area contributed by atoms with Crippen molar-refractivity contribution < 1.29 is 9.26 Å². The Morgan fingerprint density at radius 2 is 2.21 bits per heavy atom. The number of nitrogens with zero attached hydrogens (tertiary/aromatic N) is 4. The maximum Gasteiger partial charge on any atom is 0.243 e. The Balaban J connectivity index is 2.11. The molecule has 0 spiro atoms. The number of methoxy groups -OCH3 is 1. The highest BCUT2D eigenvalue weighted by Gasteiger charge is 2.16. The minimum absolute atomic E-state index is 0.229. The predicted molar refractivity (Wildman–Crippen MR) is 68.3 cm³/mol. The lowest BCUT2D eigenvalue weighted by molar-refractivity contribution is 0.346. The molecule has 2 rings (SSSR count). The van der Waals surface area contributed by atoms with Crippen LogP contribution in [0.4, 0.5) is 0 Å². The average Bonchev–Trinajstić information content (AvgIpc) is 2.94. The summed E-state index contributed by atoms with van der Waals surface area (Å²) in [6, 6.07) is 3.18. The van der Waals surface area contributed by atoms with Gasteiger partial charge in [-0.2, -0.15) is 4.98 Å². The third kappa shape index (κ3) is 3.25. The van der Waals surface area contributed by atoms with Crippen molar-refractivity contribution in [3.8, 4) is 17.4 Å². The van der Waals surface area contributed by atoms with Gasteiger partial charge in [-0.05, 0) is 12.5 Å². The first-order valence-electron chi connectivity index (χ1n) is 6.22. The largest absolute Gasteiger partial charge is 0.480 e. The minimum atomic E-state index is -0.229. The molecule has 0 aromatic carbocycles. The zero-order chi connectivity index (χ0) is 13.7. The standard InChI is InChI=1S/C12H17N5O2/c1-3-4-5-8(13)12-14-11(17-19-12)9-6-7-10(18-2)16-15-9/h6-8H,3-5,13H2,1-2H3/t8-/m0/s1. The fraction of sp³-hybridized carbons (Fsp3) is 0.500. The van der Waals surface area contributed by atoms with Crippen LogP contribution in [0.1, 0.15) is 38.1 Å². The molecular formula is C12H17N5O2. The van der Waals surface area contributed by atoms with Crippen molar-refractivity contribution in [2.75, 3.05) is 7.11 Å². The van der Waals surface area contributed by atoms with E-state index >= 15 is 0 Å². The van der Waals surface area contributed by atoms with Gasteiger partial charge in [-0.25, -0.2) is 0 Å². The molecule has 0 saturated carbocycles. The van der Waals surface area contributed by atoms with Crippen molar-refractivity contribution in [3.63, 3.8) is 0 Å². The molecule has 0 aliphatic rings. The monoisotopic (exact) mass is 263 g/mol. The minimum Gasteiger partial charge on any atom is -0.480 e. The summed E-state index contributed by atoms with van der Waals surface area (Å²) in [6.07, 6.45) is 2.94. The van der Waals surface area contributed by atoms with Gasteiger partial charge in [-0.3, -0.25) is 0 Å². The third-order valence-corrected chi connectivity index (χ3v) is 2.71. The Bertz CT molecular complexity index is 511. The maximum atomic E-state index is 5.97. The van der Waals surface area contributed by atoms with Gasteiger partial charge in [0.05, 0.1) is 13.2 Å². The van der Waals surface area contributed by atoms with E-state index in [1.54, 1.807) is 12.1 Å². The van der Waals surface area contributed by atoms with Crippen LogP contribution >= 0.6 is 0 Å². The van der Waals surface area contributed by atoms with Gasteiger partial charge in [0.25, 0.3) is 0 Å². The van der Waals surface area contributed by atoms with Gasteiger partial charge in [0, 0.05) is 6.07 Å². The topological polar surface area (TPSA) is 100.0 Å². The second-order valence-electron chi connectivity index (χ2n) is 4.17. The number of hydrogen-bond acceptors (Lipinski definition) is 7. The second kappa shape index (κ2) is 6.24. The first kappa shape index (κ1) is 13.4. The van der Waals surface area contributed by atoms with E-state index in [9.17, 15) is 0 Å². The number of rotatable bonds is 6. The van der Waals surface area contributed by atoms with Crippen molar-refractivity contribution in [2.45, 2.75) is 32.2 Å². The Morgan fingerprint density at radius 1 is 1.37 bits per heavy atom. The molecule has 7 nitrogen and oxygen atoms in total. The molecule has 19 heavy (non-hydrogen) atoms. The molecule has 2 heterocycles. The van der Waals surface area contributed by atoms with Crippen LogP contribution in [-0.2, 0) is 0 Å². The van der Waals surface area contributed by atoms with Gasteiger partial charge < -0.3 is 15.0 Å². The van der Waals surface area contributed by atoms with E-state index in [4.69, 9.17) is 15.0 Å². The van der Waals surface area contributed by atoms with Gasteiger partial charge >= 0.3 is 0 Å². The van der Waals surface area contributed by atoms with Crippen LogP contribution in [0.3, 0.4) is 0 Å². The van der Waals surface area contributed by atoms with Gasteiger partial charge in [0.15, 0.2) is 0 Å². The van der Waals surface area contributed by atoms with Crippen LogP contribution in [0.5, 0.6) is 5.88 Å². The van der Waals surface area contributed by atoms with Crippen LogP contribution in [-0.4, -0.2) is 27.4 Å². The van der Waals surface area contributed by atoms with Gasteiger partial charge in [0.2, 0.25) is 17.6 Å². The zero-order valence-electron chi connectivity index (χ0n) is 11.0. The Labute approximate surface area is 111 Å². The number of ether oxygens (including phenoxy) is 1. The molecule has 0 fully saturated rings. The quantitative estimate of drug-likeness (QED) is 0.846. The summed E-state index contributed by atoms with van der Waals surface area (Å²) < 4.78 is 10.1. The normalized spacial score (nSPS) is 12.4. The van der Waals surface area contributed by atoms with Crippen molar-refractivity contribution in [3.05, 3.63) is 18.0 Å². The highest BCUT2D eigenvalue weighted by molar-refractivity contribution is 5.47. The summed E-state index contributed by atoms with van der Waals surface area (Å²) in [5.41, 5.74) is 6.49. The first-order chi connectivity index (χ1) is 9.24. The smallest absolute Gasteiger partial charge is 0.243 e. The van der Waals surface area contributed by atoms with E-state index in [1.807, 2.05) is 0 Å². The van der Waals surface area contributed by atoms with E-state index in [-0.39, 0.29) is 6.04 Å². The highest BCUT2D eigenvalue weighted by atomic mass is 16.5. The summed E-state index contributed by atoms with van der Waals surface area (Å²) >= 11 is 0. The maximum absolute atomic E-state index is 5.97. The van der Waals surface area contributed by atoms with Gasteiger partial charge in [-0.1, -0.05) is 24.9 Å². The van der Waals surface area contributed by atoms with E-state index in [0.29, 0.717) is 23.3 Å².